The number of hydrogen-bond acceptors (Lipinski definition) is 2. The lowest BCUT2D eigenvalue weighted by Gasteiger charge is -2.16. The molecule has 0 bridgehead atoms. The summed E-state index contributed by atoms with van der Waals surface area (Å²) in [5, 5.41) is 0. The van der Waals surface area contributed by atoms with Crippen molar-refractivity contribution in [1.82, 2.24) is 0 Å². The van der Waals surface area contributed by atoms with Crippen LogP contribution in [-0.4, -0.2) is 23.0 Å². The lowest BCUT2D eigenvalue weighted by atomic mass is 9.93. The summed E-state index contributed by atoms with van der Waals surface area (Å²) < 4.78 is 0. The Balaban J connectivity index is 0.000000248. The fourth-order valence-electron chi connectivity index (χ4n) is 3.12. The highest BCUT2D eigenvalue weighted by molar-refractivity contribution is 7.99. The molecule has 0 saturated heterocycles. The Labute approximate surface area is 177 Å². The first-order valence-electron chi connectivity index (χ1n) is 10.7. The van der Waals surface area contributed by atoms with Crippen molar-refractivity contribution in [3.63, 3.8) is 0 Å². The normalized spacial score (nSPS) is 21.1. The minimum atomic E-state index is 0.238. The van der Waals surface area contributed by atoms with Crippen LogP contribution in [-0.2, 0) is 0 Å². The van der Waals surface area contributed by atoms with Gasteiger partial charge in [0.15, 0.2) is 0 Å². The van der Waals surface area contributed by atoms with Crippen molar-refractivity contribution in [3.05, 3.63) is 58.7 Å². The SMILES string of the molecule is CC.CC/C=C\C1=C(CC)CCSC1.CC1(C)C=CC2=C(C=C1)CSCC2. The van der Waals surface area contributed by atoms with Gasteiger partial charge in [-0.3, -0.25) is 0 Å². The molecule has 0 unspecified atom stereocenters. The van der Waals surface area contributed by atoms with Gasteiger partial charge in [-0.2, -0.15) is 23.5 Å². The van der Waals surface area contributed by atoms with Crippen molar-refractivity contribution >= 4 is 23.5 Å². The van der Waals surface area contributed by atoms with Gasteiger partial charge < -0.3 is 0 Å². The summed E-state index contributed by atoms with van der Waals surface area (Å²) in [6.07, 6.45) is 18.8. The Morgan fingerprint density at radius 1 is 0.926 bits per heavy atom. The van der Waals surface area contributed by atoms with Crippen molar-refractivity contribution in [2.75, 3.05) is 23.0 Å². The molecule has 2 heteroatoms. The van der Waals surface area contributed by atoms with Crippen LogP contribution in [0.3, 0.4) is 0 Å². The van der Waals surface area contributed by atoms with Gasteiger partial charge in [0.05, 0.1) is 0 Å². The summed E-state index contributed by atoms with van der Waals surface area (Å²) in [4.78, 5) is 0. The van der Waals surface area contributed by atoms with Gasteiger partial charge in [-0.05, 0) is 53.9 Å². The molecule has 152 valence electrons. The lowest BCUT2D eigenvalue weighted by Crippen LogP contribution is -2.01. The van der Waals surface area contributed by atoms with Crippen LogP contribution in [0.5, 0.6) is 0 Å². The molecule has 3 rings (SSSR count). The first kappa shape index (κ1) is 24.4. The van der Waals surface area contributed by atoms with Crippen molar-refractivity contribution in [1.29, 1.82) is 0 Å². The second-order valence-electron chi connectivity index (χ2n) is 7.44. The summed E-state index contributed by atoms with van der Waals surface area (Å²) in [5.74, 6) is 5.05. The molecule has 0 saturated carbocycles. The number of thioether (sulfide) groups is 2. The molecule has 1 aliphatic carbocycles. The van der Waals surface area contributed by atoms with Gasteiger partial charge in [0, 0.05) is 16.9 Å². The van der Waals surface area contributed by atoms with E-state index < -0.39 is 0 Å². The summed E-state index contributed by atoms with van der Waals surface area (Å²) in [6, 6.07) is 0. The maximum absolute atomic E-state index is 2.33. The summed E-state index contributed by atoms with van der Waals surface area (Å²) >= 11 is 4.11. The highest BCUT2D eigenvalue weighted by Gasteiger charge is 2.16. The smallest absolute Gasteiger partial charge is 0.0187 e. The quantitative estimate of drug-likeness (QED) is 0.463. The van der Waals surface area contributed by atoms with Gasteiger partial charge in [-0.25, -0.2) is 0 Å². The topological polar surface area (TPSA) is 0 Å². The third-order valence-corrected chi connectivity index (χ3v) is 6.87. The molecule has 2 heterocycles. The van der Waals surface area contributed by atoms with E-state index in [0.29, 0.717) is 0 Å². The monoisotopic (exact) mass is 404 g/mol. The van der Waals surface area contributed by atoms with Crippen LogP contribution >= 0.6 is 23.5 Å². The molecule has 3 aliphatic rings. The maximum Gasteiger partial charge on any atom is 0.0187 e. The highest BCUT2D eigenvalue weighted by Crippen LogP contribution is 2.31. The van der Waals surface area contributed by atoms with Crippen molar-refractivity contribution < 1.29 is 0 Å². The fourth-order valence-corrected chi connectivity index (χ4v) is 5.18. The average molecular weight is 405 g/mol. The first-order chi connectivity index (χ1) is 13.1. The largest absolute Gasteiger partial charge is 0.157 e. The third-order valence-electron chi connectivity index (χ3n) is 4.86. The molecule has 0 nitrogen and oxygen atoms in total. The average Bonchev–Trinajstić information content (AvgIpc) is 2.87. The van der Waals surface area contributed by atoms with E-state index in [1.54, 1.807) is 16.7 Å². The van der Waals surface area contributed by atoms with Gasteiger partial charge in [0.25, 0.3) is 0 Å². The Morgan fingerprint density at radius 2 is 1.56 bits per heavy atom. The zero-order valence-electron chi connectivity index (χ0n) is 18.4. The van der Waals surface area contributed by atoms with Gasteiger partial charge in [-0.15, -0.1) is 0 Å². The minimum absolute atomic E-state index is 0.238. The maximum atomic E-state index is 2.33. The van der Waals surface area contributed by atoms with E-state index >= 15 is 0 Å². The van der Waals surface area contributed by atoms with Crippen LogP contribution in [0, 0.1) is 5.41 Å². The van der Waals surface area contributed by atoms with Crippen LogP contribution < -0.4 is 0 Å². The molecule has 0 aromatic carbocycles. The van der Waals surface area contributed by atoms with Crippen LogP contribution in [0.2, 0.25) is 0 Å². The molecule has 0 aromatic rings. The van der Waals surface area contributed by atoms with E-state index in [9.17, 15) is 0 Å². The van der Waals surface area contributed by atoms with E-state index in [-0.39, 0.29) is 5.41 Å². The summed E-state index contributed by atoms with van der Waals surface area (Å²) in [6.45, 7) is 13.0. The lowest BCUT2D eigenvalue weighted by molar-refractivity contribution is 0.626. The van der Waals surface area contributed by atoms with Gasteiger partial charge in [0.1, 0.15) is 0 Å². The minimum Gasteiger partial charge on any atom is -0.157 e. The van der Waals surface area contributed by atoms with E-state index in [4.69, 9.17) is 0 Å². The zero-order valence-corrected chi connectivity index (χ0v) is 20.1. The molecule has 0 atom stereocenters. The standard InChI is InChI=1S/C12H16S.C11H18S.C2H6/c1-12(2)6-3-10-5-8-13-9-11(10)4-7-12;1-3-5-6-11-9-12-8-7-10(11)4-2;1-2/h3-4,6-7H,5,8-9H2,1-2H3;5-6H,3-4,7-9H2,1-2H3;1-2H3/b;6-5-;. The van der Waals surface area contributed by atoms with Crippen LogP contribution in [0.15, 0.2) is 58.7 Å². The molecule has 0 spiro atoms. The molecule has 27 heavy (non-hydrogen) atoms. The van der Waals surface area contributed by atoms with E-state index in [2.05, 4.69) is 75.9 Å². The molecule has 2 aliphatic heterocycles. The Hall–Kier alpha value is -0.600. The van der Waals surface area contributed by atoms with Crippen molar-refractivity contribution in [2.24, 2.45) is 5.41 Å². The second-order valence-corrected chi connectivity index (χ2v) is 9.65. The van der Waals surface area contributed by atoms with Gasteiger partial charge >= 0.3 is 0 Å². The van der Waals surface area contributed by atoms with Crippen LogP contribution in [0.1, 0.15) is 67.2 Å². The molecule has 0 radical (unpaired) electrons. The molecule has 0 N–H and O–H groups in total. The van der Waals surface area contributed by atoms with Crippen LogP contribution in [0.4, 0.5) is 0 Å². The predicted molar refractivity (Wildman–Crippen MR) is 131 cm³/mol. The zero-order chi connectivity index (χ0) is 20.1. The highest BCUT2D eigenvalue weighted by atomic mass is 32.2. The molecular formula is C25H40S2. The van der Waals surface area contributed by atoms with Crippen LogP contribution in [0.25, 0.3) is 0 Å². The second kappa shape index (κ2) is 13.6. The molecule has 0 amide bonds. The molecular weight excluding hydrogens is 364 g/mol. The third kappa shape index (κ3) is 8.96. The molecule has 0 fully saturated rings. The Morgan fingerprint density at radius 3 is 2.22 bits per heavy atom. The van der Waals surface area contributed by atoms with Gasteiger partial charge in [0.2, 0.25) is 0 Å². The Bertz CT molecular complexity index is 557. The fraction of sp³-hybridized carbons (Fsp3) is 0.600. The first-order valence-corrected chi connectivity index (χ1v) is 13.0. The summed E-state index contributed by atoms with van der Waals surface area (Å²) in [7, 11) is 0. The molecule has 0 aromatic heterocycles. The number of hydrogen-bond donors (Lipinski definition) is 0. The number of rotatable bonds is 3. The van der Waals surface area contributed by atoms with Crippen molar-refractivity contribution in [3.8, 4) is 0 Å². The predicted octanol–water partition coefficient (Wildman–Crippen LogP) is 8.39. The van der Waals surface area contributed by atoms with E-state index in [1.807, 2.05) is 25.6 Å². The summed E-state index contributed by atoms with van der Waals surface area (Å²) in [5.41, 5.74) is 6.61. The van der Waals surface area contributed by atoms with E-state index in [1.165, 1.54) is 47.8 Å². The van der Waals surface area contributed by atoms with Gasteiger partial charge in [-0.1, -0.05) is 83.6 Å². The van der Waals surface area contributed by atoms with E-state index in [0.717, 1.165) is 6.42 Å². The Kier molecular flexibility index (Phi) is 12.3. The van der Waals surface area contributed by atoms with Crippen molar-refractivity contribution in [2.45, 2.75) is 67.2 Å². The number of allylic oxidation sites excluding steroid dienone is 8.